The second-order valence-corrected chi connectivity index (χ2v) is 6.59. The number of likely N-dealkylation sites (tertiary alicyclic amines) is 1. The van der Waals surface area contributed by atoms with E-state index < -0.39 is 5.54 Å². The first-order chi connectivity index (χ1) is 8.90. The van der Waals surface area contributed by atoms with Gasteiger partial charge >= 0.3 is 0 Å². The van der Waals surface area contributed by atoms with Crippen molar-refractivity contribution in [3.05, 3.63) is 0 Å². The summed E-state index contributed by atoms with van der Waals surface area (Å²) in [5.41, 5.74) is 4.99. The molecule has 1 saturated heterocycles. The molecule has 110 valence electrons. The summed E-state index contributed by atoms with van der Waals surface area (Å²) >= 11 is 0. The zero-order chi connectivity index (χ0) is 14.0. The Bertz CT molecular complexity index is 331. The highest BCUT2D eigenvalue weighted by Gasteiger charge is 2.38. The molecule has 2 fully saturated rings. The Hall–Kier alpha value is -0.650. The maximum atomic E-state index is 11.7. The van der Waals surface area contributed by atoms with E-state index >= 15 is 0 Å². The number of hydrogen-bond acceptors (Lipinski definition) is 4. The smallest absolute Gasteiger partial charge is 0.238 e. The summed E-state index contributed by atoms with van der Waals surface area (Å²) in [6.45, 7) is 4.81. The molecule has 0 aromatic rings. The molecule has 1 aliphatic carbocycles. The molecule has 0 aromatic carbocycles. The lowest BCUT2D eigenvalue weighted by atomic mass is 10.00. The van der Waals surface area contributed by atoms with E-state index in [1.165, 1.54) is 19.4 Å². The molecule has 1 saturated carbocycles. The largest absolute Gasteiger partial charge is 0.368 e. The molecule has 0 bridgehead atoms. The third-order valence-corrected chi connectivity index (χ3v) is 4.42. The second-order valence-electron chi connectivity index (χ2n) is 6.59. The summed E-state index contributed by atoms with van der Waals surface area (Å²) in [7, 11) is 4.27. The van der Waals surface area contributed by atoms with Crippen LogP contribution in [0.4, 0.5) is 0 Å². The van der Waals surface area contributed by atoms with Crippen LogP contribution >= 0.6 is 0 Å². The molecule has 19 heavy (non-hydrogen) atoms. The number of amides is 1. The van der Waals surface area contributed by atoms with E-state index in [9.17, 15) is 4.79 Å². The lowest BCUT2D eigenvalue weighted by Crippen LogP contribution is -2.60. The fourth-order valence-electron chi connectivity index (χ4n) is 3.05. The van der Waals surface area contributed by atoms with Crippen LogP contribution < -0.4 is 11.1 Å². The van der Waals surface area contributed by atoms with Crippen LogP contribution in [0.3, 0.4) is 0 Å². The fraction of sp³-hybridized carbons (Fsp3) is 0.929. The molecule has 2 aliphatic rings. The molecule has 5 nitrogen and oxygen atoms in total. The Balaban J connectivity index is 1.86. The average molecular weight is 268 g/mol. The number of carbonyl (C=O) groups is 1. The molecule has 1 heterocycles. The molecule has 5 heteroatoms. The summed E-state index contributed by atoms with van der Waals surface area (Å²) in [5.74, 6) is -0.244. The molecule has 3 N–H and O–H groups in total. The monoisotopic (exact) mass is 268 g/mol. The molecular formula is C14H28N4O. The maximum Gasteiger partial charge on any atom is 0.238 e. The van der Waals surface area contributed by atoms with E-state index in [0.29, 0.717) is 18.6 Å². The topological polar surface area (TPSA) is 61.6 Å². The highest BCUT2D eigenvalue weighted by molar-refractivity contribution is 5.84. The first-order valence-corrected chi connectivity index (χ1v) is 7.37. The summed E-state index contributed by atoms with van der Waals surface area (Å²) in [6.07, 6.45) is 4.86. The summed E-state index contributed by atoms with van der Waals surface area (Å²) in [5, 5.41) is 3.40. The molecule has 0 radical (unpaired) electrons. The minimum atomic E-state index is -0.604. The van der Waals surface area contributed by atoms with Gasteiger partial charge in [-0.25, -0.2) is 0 Å². The number of nitrogens with one attached hydrogen (secondary N) is 1. The molecule has 1 aliphatic heterocycles. The number of nitrogens with zero attached hydrogens (tertiary/aromatic N) is 2. The molecule has 0 aromatic heterocycles. The van der Waals surface area contributed by atoms with Gasteiger partial charge in [0.2, 0.25) is 5.91 Å². The van der Waals surface area contributed by atoms with E-state index in [2.05, 4.69) is 29.2 Å². The van der Waals surface area contributed by atoms with Crippen LogP contribution in [0.25, 0.3) is 0 Å². The van der Waals surface area contributed by atoms with E-state index in [1.54, 1.807) is 0 Å². The average Bonchev–Trinajstić information content (AvgIpc) is 3.02. The van der Waals surface area contributed by atoms with Crippen LogP contribution in [0.2, 0.25) is 0 Å². The highest BCUT2D eigenvalue weighted by Crippen LogP contribution is 2.23. The molecule has 2 unspecified atom stereocenters. The van der Waals surface area contributed by atoms with E-state index in [0.717, 1.165) is 19.4 Å². The van der Waals surface area contributed by atoms with Gasteiger partial charge in [0.05, 0.1) is 0 Å². The predicted octanol–water partition coefficient (Wildman–Crippen LogP) is 0.00840. The zero-order valence-corrected chi connectivity index (χ0v) is 12.5. The van der Waals surface area contributed by atoms with Crippen LogP contribution in [0.15, 0.2) is 0 Å². The van der Waals surface area contributed by atoms with Gasteiger partial charge in [0.25, 0.3) is 0 Å². The molecular weight excluding hydrogens is 240 g/mol. The molecule has 1 amide bonds. The minimum Gasteiger partial charge on any atom is -0.368 e. The quantitative estimate of drug-likeness (QED) is 0.683. The number of carbonyl (C=O) groups excluding carboxylic acids is 1. The van der Waals surface area contributed by atoms with Crippen molar-refractivity contribution in [2.45, 2.75) is 50.2 Å². The number of nitrogens with two attached hydrogens (primary N) is 1. The van der Waals surface area contributed by atoms with Crippen LogP contribution in [-0.4, -0.2) is 67.1 Å². The Labute approximate surface area is 116 Å². The van der Waals surface area contributed by atoms with Crippen LogP contribution in [0, 0.1) is 0 Å². The van der Waals surface area contributed by atoms with Crippen molar-refractivity contribution in [1.29, 1.82) is 0 Å². The highest BCUT2D eigenvalue weighted by atomic mass is 16.1. The Kier molecular flexibility index (Phi) is 4.48. The number of likely N-dealkylation sites (N-methyl/N-ethyl adjacent to an activating group) is 2. The van der Waals surface area contributed by atoms with Gasteiger partial charge in [-0.1, -0.05) is 0 Å². The summed E-state index contributed by atoms with van der Waals surface area (Å²) in [6, 6.07) is 1.10. The van der Waals surface area contributed by atoms with Gasteiger partial charge in [-0.3, -0.25) is 10.1 Å². The van der Waals surface area contributed by atoms with Crippen molar-refractivity contribution < 1.29 is 4.79 Å². The first-order valence-electron chi connectivity index (χ1n) is 7.37. The van der Waals surface area contributed by atoms with Crippen molar-refractivity contribution in [1.82, 2.24) is 15.1 Å². The normalized spacial score (nSPS) is 27.7. The third kappa shape index (κ3) is 3.91. The number of hydrogen-bond donors (Lipinski definition) is 2. The lowest BCUT2D eigenvalue weighted by Gasteiger charge is -2.34. The first kappa shape index (κ1) is 14.8. The Morgan fingerprint density at radius 1 is 1.47 bits per heavy atom. The Morgan fingerprint density at radius 3 is 2.63 bits per heavy atom. The van der Waals surface area contributed by atoms with Gasteiger partial charge in [-0.2, -0.15) is 0 Å². The van der Waals surface area contributed by atoms with Crippen LogP contribution in [0.1, 0.15) is 32.6 Å². The van der Waals surface area contributed by atoms with Crippen molar-refractivity contribution in [2.75, 3.05) is 33.7 Å². The van der Waals surface area contributed by atoms with Crippen molar-refractivity contribution in [3.8, 4) is 0 Å². The van der Waals surface area contributed by atoms with Crippen molar-refractivity contribution >= 4 is 5.91 Å². The van der Waals surface area contributed by atoms with E-state index in [4.69, 9.17) is 5.73 Å². The van der Waals surface area contributed by atoms with Crippen molar-refractivity contribution in [2.24, 2.45) is 5.73 Å². The predicted molar refractivity (Wildman–Crippen MR) is 76.9 cm³/mol. The molecule has 0 spiro atoms. The zero-order valence-electron chi connectivity index (χ0n) is 12.5. The Morgan fingerprint density at radius 2 is 2.16 bits per heavy atom. The number of rotatable bonds is 7. The van der Waals surface area contributed by atoms with Crippen molar-refractivity contribution in [3.63, 3.8) is 0 Å². The van der Waals surface area contributed by atoms with Gasteiger partial charge in [0, 0.05) is 25.2 Å². The van der Waals surface area contributed by atoms with Gasteiger partial charge in [-0.05, 0) is 53.2 Å². The van der Waals surface area contributed by atoms with Crippen LogP contribution in [0.5, 0.6) is 0 Å². The summed E-state index contributed by atoms with van der Waals surface area (Å²) < 4.78 is 0. The third-order valence-electron chi connectivity index (χ3n) is 4.42. The fourth-order valence-corrected chi connectivity index (χ4v) is 3.05. The van der Waals surface area contributed by atoms with Gasteiger partial charge in [0.1, 0.15) is 5.54 Å². The standard InChI is InChI=1S/C14H28N4O/c1-14(13(15)19,16-11-6-7-11)10-17(2)9-12-5-4-8-18(12)3/h11-12,16H,4-10H2,1-3H3,(H2,15,19). The maximum absolute atomic E-state index is 11.7. The van der Waals surface area contributed by atoms with E-state index in [1.807, 2.05) is 6.92 Å². The van der Waals surface area contributed by atoms with Gasteiger partial charge in [0.15, 0.2) is 0 Å². The molecule has 2 atom stereocenters. The van der Waals surface area contributed by atoms with E-state index in [-0.39, 0.29) is 5.91 Å². The SMILES string of the molecule is CN(CC1CCCN1C)CC(C)(NC1CC1)C(N)=O. The lowest BCUT2D eigenvalue weighted by molar-refractivity contribution is -0.124. The molecule has 2 rings (SSSR count). The van der Waals surface area contributed by atoms with Crippen LogP contribution in [-0.2, 0) is 4.79 Å². The van der Waals surface area contributed by atoms with Gasteiger partial charge < -0.3 is 15.5 Å². The summed E-state index contributed by atoms with van der Waals surface area (Å²) in [4.78, 5) is 16.4. The second kappa shape index (κ2) is 5.77. The number of primary amides is 1. The van der Waals surface area contributed by atoms with Gasteiger partial charge in [-0.15, -0.1) is 0 Å². The minimum absolute atomic E-state index is 0.244.